The van der Waals surface area contributed by atoms with Gasteiger partial charge in [-0.25, -0.2) is 8.42 Å². The third-order valence-electron chi connectivity index (χ3n) is 3.57. The summed E-state index contributed by atoms with van der Waals surface area (Å²) in [6.07, 6.45) is 0.845. The van der Waals surface area contributed by atoms with Gasteiger partial charge in [0.25, 0.3) is 0 Å². The number of ether oxygens (including phenoxy) is 2. The molecule has 0 spiro atoms. The molecule has 7 heteroatoms. The van der Waals surface area contributed by atoms with Crippen molar-refractivity contribution in [1.29, 1.82) is 0 Å². The number of methoxy groups -OCH3 is 1. The maximum atomic E-state index is 11.7. The van der Waals surface area contributed by atoms with E-state index in [1.807, 2.05) is 12.1 Å². The van der Waals surface area contributed by atoms with Crippen LogP contribution in [0.5, 0.6) is 11.5 Å². The van der Waals surface area contributed by atoms with Crippen molar-refractivity contribution >= 4 is 15.7 Å². The molecule has 1 saturated heterocycles. The third-order valence-corrected chi connectivity index (χ3v) is 5.41. The summed E-state index contributed by atoms with van der Waals surface area (Å²) in [4.78, 5) is 11.7. The highest BCUT2D eigenvalue weighted by Gasteiger charge is 2.27. The van der Waals surface area contributed by atoms with Crippen LogP contribution in [-0.4, -0.2) is 46.1 Å². The Balaban J connectivity index is 1.68. The van der Waals surface area contributed by atoms with E-state index < -0.39 is 9.84 Å². The number of benzene rings is 1. The zero-order valence-corrected chi connectivity index (χ0v) is 13.4. The van der Waals surface area contributed by atoms with Crippen molar-refractivity contribution in [3.05, 3.63) is 24.3 Å². The van der Waals surface area contributed by atoms with Crippen LogP contribution < -0.4 is 14.8 Å². The van der Waals surface area contributed by atoms with E-state index in [2.05, 4.69) is 5.32 Å². The van der Waals surface area contributed by atoms with Crippen LogP contribution in [0.2, 0.25) is 0 Å². The van der Waals surface area contributed by atoms with E-state index in [-0.39, 0.29) is 36.4 Å². The number of hydrogen-bond donors (Lipinski definition) is 1. The number of amides is 1. The van der Waals surface area contributed by atoms with Crippen molar-refractivity contribution in [3.8, 4) is 11.5 Å². The number of carbonyl (C=O) groups is 1. The average Bonchev–Trinajstić information content (AvgIpc) is 2.85. The lowest BCUT2D eigenvalue weighted by atomic mass is 10.1. The summed E-state index contributed by atoms with van der Waals surface area (Å²) in [5.41, 5.74) is 0. The highest BCUT2D eigenvalue weighted by Crippen LogP contribution is 2.25. The molecular formula is C15H21NO5S. The van der Waals surface area contributed by atoms with Crippen LogP contribution in [0.1, 0.15) is 12.8 Å². The second-order valence-corrected chi connectivity index (χ2v) is 7.55. The fraction of sp³-hybridized carbons (Fsp3) is 0.533. The molecule has 0 aliphatic carbocycles. The Kier molecular flexibility index (Phi) is 5.65. The molecule has 22 heavy (non-hydrogen) atoms. The van der Waals surface area contributed by atoms with E-state index in [0.29, 0.717) is 24.5 Å². The summed E-state index contributed by atoms with van der Waals surface area (Å²) in [6.45, 7) is 0.655. The van der Waals surface area contributed by atoms with Crippen LogP contribution in [0.3, 0.4) is 0 Å². The average molecular weight is 327 g/mol. The highest BCUT2D eigenvalue weighted by molar-refractivity contribution is 7.91. The molecule has 1 unspecified atom stereocenters. The lowest BCUT2D eigenvalue weighted by molar-refractivity contribution is -0.121. The minimum Gasteiger partial charge on any atom is -0.493 e. The largest absolute Gasteiger partial charge is 0.493 e. The number of hydrogen-bond acceptors (Lipinski definition) is 5. The molecule has 1 atom stereocenters. The van der Waals surface area contributed by atoms with Crippen LogP contribution in [0.15, 0.2) is 24.3 Å². The van der Waals surface area contributed by atoms with Gasteiger partial charge in [0, 0.05) is 6.54 Å². The van der Waals surface area contributed by atoms with E-state index >= 15 is 0 Å². The second-order valence-electron chi connectivity index (χ2n) is 5.32. The van der Waals surface area contributed by atoms with Crippen molar-refractivity contribution in [2.45, 2.75) is 12.8 Å². The lowest BCUT2D eigenvalue weighted by Gasteiger charge is -2.11. The molecule has 1 aliphatic heterocycles. The topological polar surface area (TPSA) is 81.7 Å². The van der Waals surface area contributed by atoms with Crippen molar-refractivity contribution in [2.24, 2.45) is 5.92 Å². The molecule has 1 N–H and O–H groups in total. The van der Waals surface area contributed by atoms with Gasteiger partial charge in [0.1, 0.15) is 0 Å². The van der Waals surface area contributed by atoms with Gasteiger partial charge in [-0.1, -0.05) is 12.1 Å². The van der Waals surface area contributed by atoms with E-state index in [4.69, 9.17) is 9.47 Å². The Morgan fingerprint density at radius 2 is 2.05 bits per heavy atom. The van der Waals surface area contributed by atoms with Gasteiger partial charge in [0.15, 0.2) is 21.3 Å². The molecule has 0 radical (unpaired) electrons. The molecule has 1 aromatic rings. The number of sulfone groups is 1. The molecule has 2 rings (SSSR count). The molecule has 1 amide bonds. The molecule has 1 heterocycles. The summed E-state index contributed by atoms with van der Waals surface area (Å²) in [5, 5.41) is 2.76. The summed E-state index contributed by atoms with van der Waals surface area (Å²) in [7, 11) is -1.33. The fourth-order valence-electron chi connectivity index (χ4n) is 2.37. The van der Waals surface area contributed by atoms with E-state index in [0.717, 1.165) is 0 Å². The molecule has 122 valence electrons. The second kappa shape index (κ2) is 7.49. The standard InChI is InChI=1S/C15H21NO5S/c1-20-13-4-2-3-5-14(13)21-8-6-15(17)16-10-12-7-9-22(18,19)11-12/h2-5,12H,6-11H2,1H3,(H,16,17). The lowest BCUT2D eigenvalue weighted by Crippen LogP contribution is -2.30. The zero-order valence-electron chi connectivity index (χ0n) is 12.6. The molecule has 1 fully saturated rings. The molecule has 1 aromatic carbocycles. The Bertz CT molecular complexity index is 614. The van der Waals surface area contributed by atoms with Gasteiger partial charge in [-0.3, -0.25) is 4.79 Å². The molecule has 0 bridgehead atoms. The highest BCUT2D eigenvalue weighted by atomic mass is 32.2. The van der Waals surface area contributed by atoms with Crippen LogP contribution in [0, 0.1) is 5.92 Å². The minimum atomic E-state index is -2.89. The van der Waals surface area contributed by atoms with Crippen LogP contribution in [-0.2, 0) is 14.6 Å². The Morgan fingerprint density at radius 3 is 2.68 bits per heavy atom. The first kappa shape index (κ1) is 16.6. The SMILES string of the molecule is COc1ccccc1OCCC(=O)NCC1CCS(=O)(=O)C1. The van der Waals surface area contributed by atoms with E-state index in [1.54, 1.807) is 19.2 Å². The van der Waals surface area contributed by atoms with Gasteiger partial charge in [-0.15, -0.1) is 0 Å². The minimum absolute atomic E-state index is 0.0316. The first-order valence-corrected chi connectivity index (χ1v) is 9.05. The Morgan fingerprint density at radius 1 is 1.32 bits per heavy atom. The van der Waals surface area contributed by atoms with Gasteiger partial charge >= 0.3 is 0 Å². The van der Waals surface area contributed by atoms with Crippen LogP contribution in [0.4, 0.5) is 0 Å². The quantitative estimate of drug-likeness (QED) is 0.808. The summed E-state index contributed by atoms with van der Waals surface area (Å²) in [6, 6.07) is 7.24. The predicted molar refractivity (Wildman–Crippen MR) is 82.9 cm³/mol. The molecule has 1 aliphatic rings. The zero-order chi connectivity index (χ0) is 16.0. The first-order valence-electron chi connectivity index (χ1n) is 7.23. The molecule has 0 aromatic heterocycles. The number of nitrogens with one attached hydrogen (secondary N) is 1. The molecular weight excluding hydrogens is 306 g/mol. The van der Waals surface area contributed by atoms with Crippen LogP contribution in [0.25, 0.3) is 0 Å². The van der Waals surface area contributed by atoms with Crippen molar-refractivity contribution in [1.82, 2.24) is 5.32 Å². The van der Waals surface area contributed by atoms with E-state index in [1.165, 1.54) is 0 Å². The van der Waals surface area contributed by atoms with Crippen LogP contribution >= 0.6 is 0 Å². The summed E-state index contributed by atoms with van der Waals surface area (Å²) < 4.78 is 33.3. The van der Waals surface area contributed by atoms with Gasteiger partial charge in [-0.2, -0.15) is 0 Å². The van der Waals surface area contributed by atoms with E-state index in [9.17, 15) is 13.2 Å². The third kappa shape index (κ3) is 4.91. The normalized spacial score (nSPS) is 19.6. The summed E-state index contributed by atoms with van der Waals surface area (Å²) >= 11 is 0. The maximum Gasteiger partial charge on any atom is 0.223 e. The van der Waals surface area contributed by atoms with Gasteiger partial charge in [0.2, 0.25) is 5.91 Å². The fourth-order valence-corrected chi connectivity index (χ4v) is 4.23. The Labute approximate surface area is 130 Å². The maximum absolute atomic E-state index is 11.7. The first-order chi connectivity index (χ1) is 10.5. The van der Waals surface area contributed by atoms with Crippen molar-refractivity contribution in [3.63, 3.8) is 0 Å². The number of carbonyl (C=O) groups excluding carboxylic acids is 1. The van der Waals surface area contributed by atoms with Gasteiger partial charge < -0.3 is 14.8 Å². The smallest absolute Gasteiger partial charge is 0.223 e. The van der Waals surface area contributed by atoms with Crippen molar-refractivity contribution < 1.29 is 22.7 Å². The van der Waals surface area contributed by atoms with Gasteiger partial charge in [0.05, 0.1) is 31.6 Å². The predicted octanol–water partition coefficient (Wildman–Crippen LogP) is 1.02. The van der Waals surface area contributed by atoms with Crippen molar-refractivity contribution in [2.75, 3.05) is 31.8 Å². The Hall–Kier alpha value is -1.76. The number of para-hydroxylation sites is 2. The number of rotatable bonds is 7. The molecule has 6 nitrogen and oxygen atoms in total. The monoisotopic (exact) mass is 327 g/mol. The van der Waals surface area contributed by atoms with Gasteiger partial charge in [-0.05, 0) is 24.5 Å². The molecule has 0 saturated carbocycles. The summed E-state index contributed by atoms with van der Waals surface area (Å²) in [5.74, 6) is 1.51.